The maximum absolute atomic E-state index is 12.0. The molecule has 0 saturated carbocycles. The zero-order chi connectivity index (χ0) is 20.0. The minimum Gasteiger partial charge on any atom is -0.465 e. The number of anilines is 1. The number of methoxy groups -OCH3 is 1. The molecule has 1 saturated heterocycles. The molecule has 27 heavy (non-hydrogen) atoms. The molecule has 1 atom stereocenters. The fraction of sp³-hybridized carbons (Fsp3) is 0.471. The summed E-state index contributed by atoms with van der Waals surface area (Å²) in [6.45, 7) is 1.29. The number of esters is 2. The van der Waals surface area contributed by atoms with E-state index >= 15 is 0 Å². The molecule has 1 fully saturated rings. The molecule has 0 radical (unpaired) electrons. The number of ether oxygens (including phenoxy) is 2. The molecule has 1 aliphatic heterocycles. The van der Waals surface area contributed by atoms with Crippen molar-refractivity contribution in [2.75, 3.05) is 36.3 Å². The van der Waals surface area contributed by atoms with Gasteiger partial charge < -0.3 is 14.8 Å². The third kappa shape index (κ3) is 6.55. The fourth-order valence-electron chi connectivity index (χ4n) is 2.45. The van der Waals surface area contributed by atoms with Crippen LogP contribution in [0.5, 0.6) is 0 Å². The Balaban J connectivity index is 1.79. The smallest absolute Gasteiger partial charge is 0.337 e. The molecule has 2 rings (SSSR count). The normalized spacial score (nSPS) is 17.9. The number of thioether (sulfide) groups is 1. The fourth-order valence-corrected chi connectivity index (χ4v) is 5.89. The molecule has 1 aromatic rings. The molecule has 0 aromatic heterocycles. The number of nitrogens with one attached hydrogen (secondary N) is 1. The number of aryl methyl sites for hydroxylation is 1. The highest BCUT2D eigenvalue weighted by atomic mass is 32.2. The summed E-state index contributed by atoms with van der Waals surface area (Å²) in [6.07, 6.45) is 0.524. The Labute approximate surface area is 161 Å². The van der Waals surface area contributed by atoms with Crippen LogP contribution in [0.3, 0.4) is 0 Å². The minimum atomic E-state index is -2.99. The van der Waals surface area contributed by atoms with Gasteiger partial charge in [0, 0.05) is 10.9 Å². The summed E-state index contributed by atoms with van der Waals surface area (Å²) in [5, 5.41) is 2.47. The molecule has 0 unspecified atom stereocenters. The van der Waals surface area contributed by atoms with Crippen LogP contribution < -0.4 is 5.32 Å². The molecule has 1 aliphatic rings. The van der Waals surface area contributed by atoms with E-state index in [2.05, 4.69) is 10.1 Å². The quantitative estimate of drug-likeness (QED) is 0.660. The number of benzene rings is 1. The van der Waals surface area contributed by atoms with Crippen LogP contribution in [0.25, 0.3) is 0 Å². The first kappa shape index (κ1) is 21.2. The van der Waals surface area contributed by atoms with Crippen molar-refractivity contribution < 1.29 is 32.3 Å². The van der Waals surface area contributed by atoms with Gasteiger partial charge in [-0.1, -0.05) is 6.07 Å². The van der Waals surface area contributed by atoms with Crippen LogP contribution in [-0.4, -0.2) is 62.5 Å². The number of hydrogen-bond donors (Lipinski definition) is 1. The Morgan fingerprint density at radius 3 is 2.67 bits per heavy atom. The number of hydrogen-bond acceptors (Lipinski definition) is 8. The number of carbonyl (C=O) groups excluding carboxylic acids is 3. The Morgan fingerprint density at radius 1 is 1.30 bits per heavy atom. The third-order valence-corrected chi connectivity index (χ3v) is 7.18. The molecule has 0 aliphatic carbocycles. The van der Waals surface area contributed by atoms with E-state index in [1.807, 2.05) is 0 Å². The molecule has 10 heteroatoms. The average molecular weight is 415 g/mol. The second kappa shape index (κ2) is 9.23. The van der Waals surface area contributed by atoms with Crippen molar-refractivity contribution in [3.8, 4) is 0 Å². The van der Waals surface area contributed by atoms with E-state index in [4.69, 9.17) is 4.74 Å². The van der Waals surface area contributed by atoms with Gasteiger partial charge in [0.1, 0.15) is 0 Å². The maximum atomic E-state index is 12.0. The van der Waals surface area contributed by atoms with Gasteiger partial charge in [-0.3, -0.25) is 9.59 Å². The van der Waals surface area contributed by atoms with E-state index in [9.17, 15) is 22.8 Å². The van der Waals surface area contributed by atoms with Crippen LogP contribution in [0.15, 0.2) is 18.2 Å². The Kier molecular flexibility index (Phi) is 7.25. The summed E-state index contributed by atoms with van der Waals surface area (Å²) in [5.41, 5.74) is 1.45. The molecule has 1 heterocycles. The van der Waals surface area contributed by atoms with Gasteiger partial charge in [-0.15, -0.1) is 11.8 Å². The van der Waals surface area contributed by atoms with Crippen molar-refractivity contribution in [1.82, 2.24) is 0 Å². The predicted octanol–water partition coefficient (Wildman–Crippen LogP) is 1.18. The highest BCUT2D eigenvalue weighted by Gasteiger charge is 2.28. The molecule has 1 N–H and O–H groups in total. The van der Waals surface area contributed by atoms with Crippen molar-refractivity contribution in [2.45, 2.75) is 18.6 Å². The lowest BCUT2D eigenvalue weighted by Crippen LogP contribution is -2.22. The second-order valence-electron chi connectivity index (χ2n) is 6.07. The topological polar surface area (TPSA) is 116 Å². The molecular formula is C17H21NO7S2. The highest BCUT2D eigenvalue weighted by molar-refractivity contribution is 8.02. The van der Waals surface area contributed by atoms with Crippen molar-refractivity contribution in [3.63, 3.8) is 0 Å². The highest BCUT2D eigenvalue weighted by Crippen LogP contribution is 2.24. The van der Waals surface area contributed by atoms with Crippen molar-refractivity contribution in [1.29, 1.82) is 0 Å². The monoisotopic (exact) mass is 415 g/mol. The third-order valence-electron chi connectivity index (χ3n) is 3.92. The first-order valence-electron chi connectivity index (χ1n) is 8.16. The second-order valence-corrected chi connectivity index (χ2v) is 9.58. The van der Waals surface area contributed by atoms with Gasteiger partial charge in [0.15, 0.2) is 16.4 Å². The predicted molar refractivity (Wildman–Crippen MR) is 102 cm³/mol. The van der Waals surface area contributed by atoms with Crippen LogP contribution in [0.2, 0.25) is 0 Å². The van der Waals surface area contributed by atoms with Crippen LogP contribution >= 0.6 is 11.8 Å². The van der Waals surface area contributed by atoms with Crippen molar-refractivity contribution in [2.24, 2.45) is 0 Å². The van der Waals surface area contributed by atoms with E-state index in [1.165, 1.54) is 24.9 Å². The number of amides is 1. The van der Waals surface area contributed by atoms with Crippen LogP contribution in [0, 0.1) is 6.92 Å². The summed E-state index contributed by atoms with van der Waals surface area (Å²) in [6, 6.07) is 4.73. The van der Waals surface area contributed by atoms with E-state index in [0.717, 1.165) is 5.56 Å². The zero-order valence-corrected chi connectivity index (χ0v) is 16.7. The van der Waals surface area contributed by atoms with Crippen LogP contribution in [-0.2, 0) is 28.9 Å². The lowest BCUT2D eigenvalue weighted by atomic mass is 10.1. The minimum absolute atomic E-state index is 0.00960. The van der Waals surface area contributed by atoms with Gasteiger partial charge in [-0.2, -0.15) is 0 Å². The molecule has 0 bridgehead atoms. The lowest BCUT2D eigenvalue weighted by molar-refractivity contribution is -0.144. The SMILES string of the molecule is COC(=O)c1ccc(C)c(NC(=O)COC(=O)CS[C@@H]2CCS(=O)(=O)C2)c1. The van der Waals surface area contributed by atoms with Gasteiger partial charge in [0.05, 0.1) is 29.9 Å². The van der Waals surface area contributed by atoms with Crippen LogP contribution in [0.1, 0.15) is 22.3 Å². The van der Waals surface area contributed by atoms with Gasteiger partial charge in [0.25, 0.3) is 5.91 Å². The summed E-state index contributed by atoms with van der Waals surface area (Å²) in [5.74, 6) is -1.44. The summed E-state index contributed by atoms with van der Waals surface area (Å²) < 4.78 is 32.3. The lowest BCUT2D eigenvalue weighted by Gasteiger charge is -2.11. The van der Waals surface area contributed by atoms with Gasteiger partial charge in [-0.05, 0) is 31.0 Å². The van der Waals surface area contributed by atoms with Gasteiger partial charge in [0.2, 0.25) is 0 Å². The zero-order valence-electron chi connectivity index (χ0n) is 15.0. The molecule has 1 aromatic carbocycles. The first-order valence-corrected chi connectivity index (χ1v) is 11.0. The van der Waals surface area contributed by atoms with E-state index in [-0.39, 0.29) is 22.5 Å². The summed E-state index contributed by atoms with van der Waals surface area (Å²) >= 11 is 1.22. The summed E-state index contributed by atoms with van der Waals surface area (Å²) in [4.78, 5) is 35.3. The van der Waals surface area contributed by atoms with E-state index < -0.39 is 34.3 Å². The van der Waals surface area contributed by atoms with Crippen molar-refractivity contribution in [3.05, 3.63) is 29.3 Å². The van der Waals surface area contributed by atoms with E-state index in [0.29, 0.717) is 17.7 Å². The molecular weight excluding hydrogens is 394 g/mol. The standard InChI is InChI=1S/C17H21NO7S2/c1-11-3-4-12(17(21)24-2)7-14(11)18-15(19)8-25-16(20)9-26-13-5-6-27(22,23)10-13/h3-4,7,13H,5-6,8-10H2,1-2H3,(H,18,19)/t13-/m1/s1. The number of carbonyl (C=O) groups is 3. The number of rotatable bonds is 7. The van der Waals surface area contributed by atoms with E-state index in [1.54, 1.807) is 19.1 Å². The molecule has 148 valence electrons. The molecule has 0 spiro atoms. The first-order chi connectivity index (χ1) is 12.7. The number of sulfone groups is 1. The molecule has 1 amide bonds. The van der Waals surface area contributed by atoms with Gasteiger partial charge >= 0.3 is 11.9 Å². The Morgan fingerprint density at radius 2 is 2.04 bits per heavy atom. The van der Waals surface area contributed by atoms with Gasteiger partial charge in [-0.25, -0.2) is 13.2 Å². The Bertz CT molecular complexity index is 836. The average Bonchev–Trinajstić information content (AvgIpc) is 2.98. The Hall–Kier alpha value is -2.07. The largest absolute Gasteiger partial charge is 0.465 e. The molecule has 8 nitrogen and oxygen atoms in total. The van der Waals surface area contributed by atoms with Crippen LogP contribution in [0.4, 0.5) is 5.69 Å². The van der Waals surface area contributed by atoms with Crippen molar-refractivity contribution >= 4 is 45.1 Å². The summed E-state index contributed by atoms with van der Waals surface area (Å²) in [7, 11) is -1.73. The maximum Gasteiger partial charge on any atom is 0.337 e.